The fourth-order valence-corrected chi connectivity index (χ4v) is 4.03. The van der Waals surface area contributed by atoms with Crippen molar-refractivity contribution in [2.24, 2.45) is 13.0 Å². The summed E-state index contributed by atoms with van der Waals surface area (Å²) in [7, 11) is 1.81. The van der Waals surface area contributed by atoms with Crippen molar-refractivity contribution in [1.82, 2.24) is 14.7 Å². The Hall–Kier alpha value is -2.74. The number of aliphatic hydroxyl groups excluding tert-OH is 1. The summed E-state index contributed by atoms with van der Waals surface area (Å²) in [6.45, 7) is 6.14. The number of nitrogens with zero attached hydrogens (tertiary/aromatic N) is 3. The van der Waals surface area contributed by atoms with E-state index in [1.165, 1.54) is 6.07 Å². The summed E-state index contributed by atoms with van der Waals surface area (Å²) in [5.41, 5.74) is 2.64. The second-order valence-corrected chi connectivity index (χ2v) is 9.40. The molecule has 0 bridgehead atoms. The van der Waals surface area contributed by atoms with Gasteiger partial charge >= 0.3 is 0 Å². The Morgan fingerprint density at radius 3 is 2.47 bits per heavy atom. The van der Waals surface area contributed by atoms with Crippen molar-refractivity contribution < 1.29 is 19.0 Å². The van der Waals surface area contributed by atoms with Gasteiger partial charge in [-0.3, -0.25) is 4.90 Å². The van der Waals surface area contributed by atoms with Gasteiger partial charge in [0, 0.05) is 38.3 Å². The van der Waals surface area contributed by atoms with E-state index in [4.69, 9.17) is 14.6 Å². The minimum Gasteiger partial charge on any atom is -0.436 e. The molecule has 1 N–H and O–H groups in total. The van der Waals surface area contributed by atoms with Crippen LogP contribution in [0.4, 0.5) is 4.39 Å². The lowest BCUT2D eigenvalue weighted by atomic mass is 10.1. The standard InChI is InChI=1S/C27H34FN3O3/c1-19(2)17-33-18-22(32)15-31(21-13-14-21)16-23-26(20-9-5-4-6-10-20)29-30(3)27(23)34-25-12-8-7-11-24(25)28/h4-12,19,21-22,32H,13-18H2,1-3H3/t22-/m1/s1. The molecule has 0 amide bonds. The molecule has 1 fully saturated rings. The first kappa shape index (κ1) is 24.4. The van der Waals surface area contributed by atoms with E-state index in [1.807, 2.05) is 37.4 Å². The van der Waals surface area contributed by atoms with E-state index in [1.54, 1.807) is 22.9 Å². The van der Waals surface area contributed by atoms with Crippen LogP contribution < -0.4 is 4.74 Å². The molecule has 1 aliphatic rings. The second kappa shape index (κ2) is 11.1. The molecule has 0 spiro atoms. The van der Waals surface area contributed by atoms with Gasteiger partial charge in [0.05, 0.1) is 18.3 Å². The predicted octanol–water partition coefficient (Wildman–Crippen LogP) is 5.02. The first-order valence-corrected chi connectivity index (χ1v) is 12.0. The van der Waals surface area contributed by atoms with Crippen LogP contribution in [0, 0.1) is 11.7 Å². The summed E-state index contributed by atoms with van der Waals surface area (Å²) in [5.74, 6) is 0.660. The summed E-state index contributed by atoms with van der Waals surface area (Å²) in [6, 6.07) is 16.7. The molecule has 0 saturated heterocycles. The van der Waals surface area contributed by atoms with Crippen LogP contribution in [-0.2, 0) is 18.3 Å². The number of aromatic nitrogens is 2. The van der Waals surface area contributed by atoms with Crippen molar-refractivity contribution in [3.63, 3.8) is 0 Å². The zero-order valence-corrected chi connectivity index (χ0v) is 20.2. The number of para-hydroxylation sites is 1. The van der Waals surface area contributed by atoms with E-state index in [0.717, 1.165) is 29.7 Å². The molecule has 34 heavy (non-hydrogen) atoms. The molecule has 1 heterocycles. The second-order valence-electron chi connectivity index (χ2n) is 9.40. The van der Waals surface area contributed by atoms with Gasteiger partial charge in [0.15, 0.2) is 11.6 Å². The molecule has 1 aliphatic carbocycles. The van der Waals surface area contributed by atoms with E-state index in [2.05, 4.69) is 18.7 Å². The molecule has 0 aliphatic heterocycles. The summed E-state index contributed by atoms with van der Waals surface area (Å²) < 4.78 is 27.8. The third kappa shape index (κ3) is 6.23. The van der Waals surface area contributed by atoms with Crippen LogP contribution in [0.2, 0.25) is 0 Å². The molecule has 2 aromatic carbocycles. The number of aryl methyl sites for hydroxylation is 1. The van der Waals surface area contributed by atoms with Gasteiger partial charge in [-0.15, -0.1) is 0 Å². The van der Waals surface area contributed by atoms with Crippen LogP contribution in [-0.4, -0.2) is 51.7 Å². The molecular formula is C27H34FN3O3. The maximum Gasteiger partial charge on any atom is 0.222 e. The Labute approximate surface area is 200 Å². The van der Waals surface area contributed by atoms with Gasteiger partial charge in [0.1, 0.15) is 5.69 Å². The lowest BCUT2D eigenvalue weighted by Gasteiger charge is -2.25. The molecule has 182 valence electrons. The quantitative estimate of drug-likeness (QED) is 0.406. The SMILES string of the molecule is CC(C)COC[C@H](O)CN(Cc1c(-c2ccccc2)nn(C)c1Oc1ccccc1F)C1CC1. The Balaban J connectivity index is 1.62. The molecule has 1 saturated carbocycles. The third-order valence-electron chi connectivity index (χ3n) is 5.81. The fourth-order valence-electron chi connectivity index (χ4n) is 4.03. The number of hydrogen-bond acceptors (Lipinski definition) is 5. The summed E-state index contributed by atoms with van der Waals surface area (Å²) >= 11 is 0. The van der Waals surface area contributed by atoms with Crippen molar-refractivity contribution in [3.05, 3.63) is 66.0 Å². The highest BCUT2D eigenvalue weighted by molar-refractivity contribution is 5.65. The minimum absolute atomic E-state index is 0.159. The van der Waals surface area contributed by atoms with E-state index in [0.29, 0.717) is 44.1 Å². The van der Waals surface area contributed by atoms with Crippen molar-refractivity contribution in [1.29, 1.82) is 0 Å². The van der Waals surface area contributed by atoms with E-state index in [9.17, 15) is 9.50 Å². The molecule has 1 atom stereocenters. The maximum absolute atomic E-state index is 14.4. The average Bonchev–Trinajstić information content (AvgIpc) is 3.61. The zero-order chi connectivity index (χ0) is 24.1. The topological polar surface area (TPSA) is 59.8 Å². The first-order chi connectivity index (χ1) is 16.4. The molecule has 7 heteroatoms. The van der Waals surface area contributed by atoms with Crippen molar-refractivity contribution in [3.8, 4) is 22.9 Å². The van der Waals surface area contributed by atoms with Gasteiger partial charge in [-0.2, -0.15) is 5.10 Å². The van der Waals surface area contributed by atoms with Crippen LogP contribution >= 0.6 is 0 Å². The molecule has 0 unspecified atom stereocenters. The Morgan fingerprint density at radius 2 is 1.79 bits per heavy atom. The number of hydrogen-bond donors (Lipinski definition) is 1. The average molecular weight is 468 g/mol. The lowest BCUT2D eigenvalue weighted by Crippen LogP contribution is -2.36. The number of ether oxygens (including phenoxy) is 2. The smallest absolute Gasteiger partial charge is 0.222 e. The van der Waals surface area contributed by atoms with Crippen molar-refractivity contribution in [2.75, 3.05) is 19.8 Å². The number of aliphatic hydroxyl groups is 1. The molecular weight excluding hydrogens is 433 g/mol. The van der Waals surface area contributed by atoms with Gasteiger partial charge in [-0.1, -0.05) is 56.3 Å². The van der Waals surface area contributed by atoms with Crippen molar-refractivity contribution >= 4 is 0 Å². The Kier molecular flexibility index (Phi) is 7.98. The van der Waals surface area contributed by atoms with Crippen LogP contribution in [0.5, 0.6) is 11.6 Å². The largest absolute Gasteiger partial charge is 0.436 e. The Bertz CT molecular complexity index is 1070. The van der Waals surface area contributed by atoms with E-state index < -0.39 is 11.9 Å². The van der Waals surface area contributed by atoms with E-state index in [-0.39, 0.29) is 5.75 Å². The highest BCUT2D eigenvalue weighted by Gasteiger charge is 2.33. The van der Waals surface area contributed by atoms with Gasteiger partial charge in [0.25, 0.3) is 0 Å². The van der Waals surface area contributed by atoms with Crippen LogP contribution in [0.3, 0.4) is 0 Å². The van der Waals surface area contributed by atoms with Crippen LogP contribution in [0.25, 0.3) is 11.3 Å². The molecule has 3 aromatic rings. The lowest BCUT2D eigenvalue weighted by molar-refractivity contribution is 0.00541. The summed E-state index contributed by atoms with van der Waals surface area (Å²) in [6.07, 6.45) is 1.58. The predicted molar refractivity (Wildman–Crippen MR) is 130 cm³/mol. The first-order valence-electron chi connectivity index (χ1n) is 12.0. The normalized spacial score (nSPS) is 14.7. The molecule has 0 radical (unpaired) electrons. The summed E-state index contributed by atoms with van der Waals surface area (Å²) in [4.78, 5) is 2.26. The highest BCUT2D eigenvalue weighted by atomic mass is 19.1. The minimum atomic E-state index is -0.591. The van der Waals surface area contributed by atoms with Crippen LogP contribution in [0.1, 0.15) is 32.3 Å². The van der Waals surface area contributed by atoms with Gasteiger partial charge < -0.3 is 14.6 Å². The number of halogens is 1. The van der Waals surface area contributed by atoms with Gasteiger partial charge in [-0.05, 0) is 30.9 Å². The van der Waals surface area contributed by atoms with Crippen LogP contribution in [0.15, 0.2) is 54.6 Å². The number of benzene rings is 2. The van der Waals surface area contributed by atoms with E-state index >= 15 is 0 Å². The zero-order valence-electron chi connectivity index (χ0n) is 20.2. The highest BCUT2D eigenvalue weighted by Crippen LogP contribution is 2.37. The fraction of sp³-hybridized carbons (Fsp3) is 0.444. The molecule has 6 nitrogen and oxygen atoms in total. The molecule has 4 rings (SSSR count). The molecule has 1 aromatic heterocycles. The Morgan fingerprint density at radius 1 is 1.09 bits per heavy atom. The van der Waals surface area contributed by atoms with Gasteiger partial charge in [-0.25, -0.2) is 9.07 Å². The van der Waals surface area contributed by atoms with Gasteiger partial charge in [0.2, 0.25) is 5.88 Å². The maximum atomic E-state index is 14.4. The summed E-state index contributed by atoms with van der Waals surface area (Å²) in [5, 5.41) is 15.4. The number of rotatable bonds is 12. The van der Waals surface area contributed by atoms with Crippen molar-refractivity contribution in [2.45, 2.75) is 45.4 Å². The monoisotopic (exact) mass is 467 g/mol. The third-order valence-corrected chi connectivity index (χ3v) is 5.81.